The number of benzene rings is 1. The molecule has 2 aromatic rings. The van der Waals surface area contributed by atoms with Crippen LogP contribution in [0.25, 0.3) is 0 Å². The van der Waals surface area contributed by atoms with Gasteiger partial charge in [0.15, 0.2) is 11.5 Å². The maximum Gasteiger partial charge on any atom is 0.204 e. The molecule has 3 nitrogen and oxygen atoms in total. The Balaban J connectivity index is 2.37. The van der Waals surface area contributed by atoms with E-state index in [2.05, 4.69) is 15.9 Å². The van der Waals surface area contributed by atoms with Crippen molar-refractivity contribution in [2.75, 3.05) is 13.2 Å². The maximum atomic E-state index is 12.6. The van der Waals surface area contributed by atoms with E-state index in [1.807, 2.05) is 26.8 Å². The molecule has 5 heteroatoms. The molecule has 0 saturated carbocycles. The van der Waals surface area contributed by atoms with E-state index in [0.29, 0.717) is 35.2 Å². The van der Waals surface area contributed by atoms with Gasteiger partial charge in [0.05, 0.1) is 18.1 Å². The number of carbonyl (C=O) groups excluding carboxylic acids is 1. The molecule has 1 heterocycles. The second kappa shape index (κ2) is 7.09. The minimum atomic E-state index is -0.0102. The van der Waals surface area contributed by atoms with Crippen LogP contribution in [0, 0.1) is 6.92 Å². The monoisotopic (exact) mass is 368 g/mol. The Labute approximate surface area is 137 Å². The van der Waals surface area contributed by atoms with Crippen LogP contribution in [0.1, 0.15) is 34.0 Å². The topological polar surface area (TPSA) is 35.5 Å². The minimum absolute atomic E-state index is 0.0102. The second-order valence-corrected chi connectivity index (χ2v) is 6.50. The molecule has 0 unspecified atom stereocenters. The van der Waals surface area contributed by atoms with Crippen LogP contribution in [0.2, 0.25) is 0 Å². The third-order valence-corrected chi connectivity index (χ3v) is 4.76. The van der Waals surface area contributed by atoms with Crippen molar-refractivity contribution in [3.8, 4) is 11.5 Å². The molecule has 0 aliphatic carbocycles. The number of hydrogen-bond donors (Lipinski definition) is 0. The van der Waals surface area contributed by atoms with Crippen molar-refractivity contribution in [3.63, 3.8) is 0 Å². The SMILES string of the molecule is CCOc1ccc(C(=O)c2sc(C)cc2Br)cc1OCC. The molecular formula is C16H17BrO3S. The van der Waals surface area contributed by atoms with Gasteiger partial charge in [-0.15, -0.1) is 11.3 Å². The highest BCUT2D eigenvalue weighted by molar-refractivity contribution is 9.10. The van der Waals surface area contributed by atoms with Crippen molar-refractivity contribution in [1.29, 1.82) is 0 Å². The molecule has 1 aromatic carbocycles. The fourth-order valence-electron chi connectivity index (χ4n) is 1.96. The molecule has 0 bridgehead atoms. The zero-order valence-electron chi connectivity index (χ0n) is 12.2. The zero-order chi connectivity index (χ0) is 15.4. The van der Waals surface area contributed by atoms with E-state index < -0.39 is 0 Å². The van der Waals surface area contributed by atoms with Crippen molar-refractivity contribution in [3.05, 3.63) is 44.1 Å². The van der Waals surface area contributed by atoms with Crippen LogP contribution in [-0.4, -0.2) is 19.0 Å². The standard InChI is InChI=1S/C16H17BrO3S/c1-4-19-13-7-6-11(9-14(13)20-5-2)15(18)16-12(17)8-10(3)21-16/h6-9H,4-5H2,1-3H3. The van der Waals surface area contributed by atoms with Crippen molar-refractivity contribution in [1.82, 2.24) is 0 Å². The van der Waals surface area contributed by atoms with E-state index in [1.165, 1.54) is 11.3 Å². The van der Waals surface area contributed by atoms with E-state index in [1.54, 1.807) is 18.2 Å². The summed E-state index contributed by atoms with van der Waals surface area (Å²) in [5.41, 5.74) is 0.601. The number of hydrogen-bond acceptors (Lipinski definition) is 4. The normalized spacial score (nSPS) is 10.5. The van der Waals surface area contributed by atoms with E-state index in [-0.39, 0.29) is 5.78 Å². The largest absolute Gasteiger partial charge is 0.490 e. The lowest BCUT2D eigenvalue weighted by molar-refractivity contribution is 0.104. The predicted molar refractivity (Wildman–Crippen MR) is 89.0 cm³/mol. The van der Waals surface area contributed by atoms with Gasteiger partial charge in [0.1, 0.15) is 0 Å². The Bertz CT molecular complexity index is 649. The minimum Gasteiger partial charge on any atom is -0.490 e. The molecule has 1 aromatic heterocycles. The first-order valence-electron chi connectivity index (χ1n) is 6.77. The molecule has 0 atom stereocenters. The first-order valence-corrected chi connectivity index (χ1v) is 8.38. The summed E-state index contributed by atoms with van der Waals surface area (Å²) in [6.45, 7) is 6.89. The van der Waals surface area contributed by atoms with Crippen LogP contribution in [0.4, 0.5) is 0 Å². The van der Waals surface area contributed by atoms with Gasteiger partial charge in [-0.25, -0.2) is 0 Å². The average molecular weight is 369 g/mol. The smallest absolute Gasteiger partial charge is 0.204 e. The van der Waals surface area contributed by atoms with Crippen molar-refractivity contribution in [2.45, 2.75) is 20.8 Å². The van der Waals surface area contributed by atoms with Crippen LogP contribution in [-0.2, 0) is 0 Å². The predicted octanol–water partition coefficient (Wildman–Crippen LogP) is 4.85. The molecule has 0 saturated heterocycles. The van der Waals surface area contributed by atoms with Crippen LogP contribution >= 0.6 is 27.3 Å². The summed E-state index contributed by atoms with van der Waals surface area (Å²) in [7, 11) is 0. The van der Waals surface area contributed by atoms with Crippen LogP contribution in [0.3, 0.4) is 0 Å². The summed E-state index contributed by atoms with van der Waals surface area (Å²) in [4.78, 5) is 14.4. The van der Waals surface area contributed by atoms with Crippen LogP contribution in [0.15, 0.2) is 28.7 Å². The van der Waals surface area contributed by atoms with Crippen molar-refractivity contribution >= 4 is 33.0 Å². The number of rotatable bonds is 6. The fraction of sp³-hybridized carbons (Fsp3) is 0.312. The molecule has 21 heavy (non-hydrogen) atoms. The first kappa shape index (κ1) is 16.0. The lowest BCUT2D eigenvalue weighted by Crippen LogP contribution is -2.03. The summed E-state index contributed by atoms with van der Waals surface area (Å²) in [5.74, 6) is 1.26. The molecule has 0 aliphatic rings. The number of carbonyl (C=O) groups is 1. The zero-order valence-corrected chi connectivity index (χ0v) is 14.6. The average Bonchev–Trinajstić information content (AvgIpc) is 2.79. The van der Waals surface area contributed by atoms with Gasteiger partial charge in [-0.05, 0) is 61.0 Å². The highest BCUT2D eigenvalue weighted by atomic mass is 79.9. The highest BCUT2D eigenvalue weighted by Crippen LogP contribution is 2.33. The number of halogens is 1. The van der Waals surface area contributed by atoms with Crippen molar-refractivity contribution < 1.29 is 14.3 Å². The van der Waals surface area contributed by atoms with Gasteiger partial charge in [-0.2, -0.15) is 0 Å². The molecule has 0 fully saturated rings. The first-order chi connectivity index (χ1) is 10.1. The lowest BCUT2D eigenvalue weighted by atomic mass is 10.1. The van der Waals surface area contributed by atoms with E-state index in [4.69, 9.17) is 9.47 Å². The molecule has 0 N–H and O–H groups in total. The van der Waals surface area contributed by atoms with E-state index in [9.17, 15) is 4.79 Å². The van der Waals surface area contributed by atoms with Crippen molar-refractivity contribution in [2.24, 2.45) is 0 Å². The van der Waals surface area contributed by atoms with Gasteiger partial charge in [-0.3, -0.25) is 4.79 Å². The third kappa shape index (κ3) is 3.66. The lowest BCUT2D eigenvalue weighted by Gasteiger charge is -2.11. The molecule has 0 aliphatic heterocycles. The Morgan fingerprint density at radius 2 is 1.81 bits per heavy atom. The molecule has 112 valence electrons. The Morgan fingerprint density at radius 1 is 1.14 bits per heavy atom. The summed E-state index contributed by atoms with van der Waals surface area (Å²) < 4.78 is 11.9. The number of thiophene rings is 1. The Hall–Kier alpha value is -1.33. The summed E-state index contributed by atoms with van der Waals surface area (Å²) in [6.07, 6.45) is 0. The molecule has 0 spiro atoms. The van der Waals surface area contributed by atoms with Gasteiger partial charge in [0.25, 0.3) is 0 Å². The number of aryl methyl sites for hydroxylation is 1. The van der Waals surface area contributed by atoms with E-state index >= 15 is 0 Å². The summed E-state index contributed by atoms with van der Waals surface area (Å²) >= 11 is 4.92. The molecule has 0 amide bonds. The Morgan fingerprint density at radius 3 is 2.38 bits per heavy atom. The molecule has 0 radical (unpaired) electrons. The van der Waals surface area contributed by atoms with Gasteiger partial charge in [0, 0.05) is 14.9 Å². The second-order valence-electron chi connectivity index (χ2n) is 4.39. The molecule has 2 rings (SSSR count). The third-order valence-electron chi connectivity index (χ3n) is 2.82. The fourth-order valence-corrected chi connectivity index (χ4v) is 3.74. The van der Waals surface area contributed by atoms with Gasteiger partial charge in [-0.1, -0.05) is 0 Å². The number of ether oxygens (including phenoxy) is 2. The van der Waals surface area contributed by atoms with Gasteiger partial charge in [0.2, 0.25) is 5.78 Å². The quantitative estimate of drug-likeness (QED) is 0.683. The highest BCUT2D eigenvalue weighted by Gasteiger charge is 2.17. The number of ketones is 1. The van der Waals surface area contributed by atoms with E-state index in [0.717, 1.165) is 9.35 Å². The molecular weight excluding hydrogens is 352 g/mol. The van der Waals surface area contributed by atoms with Gasteiger partial charge >= 0.3 is 0 Å². The van der Waals surface area contributed by atoms with Gasteiger partial charge < -0.3 is 9.47 Å². The summed E-state index contributed by atoms with van der Waals surface area (Å²) in [6, 6.07) is 7.27. The van der Waals surface area contributed by atoms with Crippen LogP contribution in [0.5, 0.6) is 11.5 Å². The summed E-state index contributed by atoms with van der Waals surface area (Å²) in [5, 5.41) is 0. The maximum absolute atomic E-state index is 12.6. The van der Waals surface area contributed by atoms with Crippen LogP contribution < -0.4 is 9.47 Å². The Kier molecular flexibility index (Phi) is 5.42.